The number of hydrogen-bond donors (Lipinski definition) is 2. The van der Waals surface area contributed by atoms with E-state index in [1.54, 1.807) is 6.07 Å². The van der Waals surface area contributed by atoms with Crippen molar-refractivity contribution in [3.05, 3.63) is 22.8 Å². The smallest absolute Gasteiger partial charge is 0.292 e. The second-order valence-electron chi connectivity index (χ2n) is 3.07. The van der Waals surface area contributed by atoms with E-state index in [0.717, 1.165) is 0 Å². The lowest BCUT2D eigenvalue weighted by molar-refractivity contribution is 0.373. The summed E-state index contributed by atoms with van der Waals surface area (Å²) in [7, 11) is 1.47. The van der Waals surface area contributed by atoms with Crippen LogP contribution in [-0.2, 0) is 0 Å². The van der Waals surface area contributed by atoms with Gasteiger partial charge in [0, 0.05) is 10.0 Å². The first kappa shape index (κ1) is 10.8. The number of oxazole rings is 1. The predicted molar refractivity (Wildman–Crippen MR) is 62.3 cm³/mol. The van der Waals surface area contributed by atoms with E-state index in [2.05, 4.69) is 20.9 Å². The fraction of sp³-hybridized carbons (Fsp3) is 0.100. The van der Waals surface area contributed by atoms with Crippen LogP contribution in [0.3, 0.4) is 0 Å². The van der Waals surface area contributed by atoms with Crippen LogP contribution >= 0.6 is 15.9 Å². The van der Waals surface area contributed by atoms with Crippen molar-refractivity contribution in [3.8, 4) is 22.8 Å². The number of methoxy groups -OCH3 is 1. The number of halogens is 1. The first-order valence-electron chi connectivity index (χ1n) is 4.40. The van der Waals surface area contributed by atoms with E-state index in [4.69, 9.17) is 14.9 Å². The van der Waals surface area contributed by atoms with E-state index < -0.39 is 0 Å². The third-order valence-corrected chi connectivity index (χ3v) is 2.71. The molecule has 0 radical (unpaired) electrons. The summed E-state index contributed by atoms with van der Waals surface area (Å²) in [5, 5.41) is 9.54. The van der Waals surface area contributed by atoms with Gasteiger partial charge in [-0.15, -0.1) is 0 Å². The second kappa shape index (κ2) is 4.05. The van der Waals surface area contributed by atoms with Crippen molar-refractivity contribution in [2.45, 2.75) is 0 Å². The molecule has 0 aliphatic carbocycles. The molecule has 16 heavy (non-hydrogen) atoms. The van der Waals surface area contributed by atoms with E-state index in [1.807, 2.05) is 0 Å². The highest BCUT2D eigenvalue weighted by Crippen LogP contribution is 2.38. The van der Waals surface area contributed by atoms with Gasteiger partial charge in [-0.05, 0) is 28.1 Å². The van der Waals surface area contributed by atoms with Crippen molar-refractivity contribution in [2.24, 2.45) is 0 Å². The Kier molecular flexibility index (Phi) is 2.74. The lowest BCUT2D eigenvalue weighted by Gasteiger charge is -2.06. The van der Waals surface area contributed by atoms with Crippen molar-refractivity contribution in [3.63, 3.8) is 0 Å². The van der Waals surface area contributed by atoms with Crippen LogP contribution in [0.25, 0.3) is 11.3 Å². The van der Waals surface area contributed by atoms with Gasteiger partial charge in [0.2, 0.25) is 0 Å². The van der Waals surface area contributed by atoms with Crippen LogP contribution in [0.15, 0.2) is 27.2 Å². The summed E-state index contributed by atoms with van der Waals surface area (Å²) < 4.78 is 10.9. The molecule has 0 atom stereocenters. The molecule has 1 aromatic heterocycles. The fourth-order valence-corrected chi connectivity index (χ4v) is 1.83. The van der Waals surface area contributed by atoms with E-state index in [0.29, 0.717) is 21.5 Å². The maximum absolute atomic E-state index is 9.54. The lowest BCUT2D eigenvalue weighted by atomic mass is 10.1. The third kappa shape index (κ3) is 1.83. The van der Waals surface area contributed by atoms with Crippen molar-refractivity contribution >= 4 is 21.9 Å². The predicted octanol–water partition coefficient (Wildman–Crippen LogP) is 2.40. The number of anilines is 1. The van der Waals surface area contributed by atoms with Gasteiger partial charge in [-0.3, -0.25) is 0 Å². The molecule has 5 nitrogen and oxygen atoms in total. The maximum atomic E-state index is 9.54. The molecule has 0 fully saturated rings. The standard InChI is InChI=1S/C10H9BrN2O3/c1-15-8-2-5(6(11)3-7(8)14)9-4-13-10(12)16-9/h2-4,14H,1H3,(H2,12,13). The largest absolute Gasteiger partial charge is 0.504 e. The summed E-state index contributed by atoms with van der Waals surface area (Å²) in [6.45, 7) is 0. The zero-order valence-electron chi connectivity index (χ0n) is 8.40. The molecule has 3 N–H and O–H groups in total. The first-order valence-corrected chi connectivity index (χ1v) is 5.19. The highest BCUT2D eigenvalue weighted by molar-refractivity contribution is 9.10. The Bertz CT molecular complexity index is 525. The molecule has 0 bridgehead atoms. The summed E-state index contributed by atoms with van der Waals surface area (Å²) in [4.78, 5) is 3.80. The van der Waals surface area contributed by atoms with Gasteiger partial charge in [0.15, 0.2) is 17.3 Å². The Morgan fingerprint density at radius 2 is 2.25 bits per heavy atom. The van der Waals surface area contributed by atoms with Gasteiger partial charge in [-0.2, -0.15) is 0 Å². The van der Waals surface area contributed by atoms with Gasteiger partial charge in [0.1, 0.15) is 0 Å². The fourth-order valence-electron chi connectivity index (χ4n) is 1.31. The van der Waals surface area contributed by atoms with Crippen molar-refractivity contribution in [1.29, 1.82) is 0 Å². The first-order chi connectivity index (χ1) is 7.61. The number of nitrogen functional groups attached to an aromatic ring is 1. The number of phenolic OH excluding ortho intramolecular Hbond substituents is 1. The average Bonchev–Trinajstić information content (AvgIpc) is 2.65. The van der Waals surface area contributed by atoms with Crippen LogP contribution in [-0.4, -0.2) is 17.2 Å². The molecule has 0 saturated heterocycles. The molecule has 0 saturated carbocycles. The minimum Gasteiger partial charge on any atom is -0.504 e. The SMILES string of the molecule is COc1cc(-c2cnc(N)o2)c(Br)cc1O. The number of aromatic nitrogens is 1. The molecule has 0 aliphatic rings. The van der Waals surface area contributed by atoms with Crippen molar-refractivity contribution in [1.82, 2.24) is 4.98 Å². The zero-order chi connectivity index (χ0) is 11.7. The zero-order valence-corrected chi connectivity index (χ0v) is 9.98. The van der Waals surface area contributed by atoms with E-state index in [9.17, 15) is 5.11 Å². The van der Waals surface area contributed by atoms with Gasteiger partial charge in [-0.1, -0.05) is 0 Å². The molecular formula is C10H9BrN2O3. The van der Waals surface area contributed by atoms with Crippen LogP contribution in [0.5, 0.6) is 11.5 Å². The number of nitrogens with two attached hydrogens (primary N) is 1. The highest BCUT2D eigenvalue weighted by atomic mass is 79.9. The van der Waals surface area contributed by atoms with E-state index >= 15 is 0 Å². The van der Waals surface area contributed by atoms with Crippen molar-refractivity contribution in [2.75, 3.05) is 12.8 Å². The molecular weight excluding hydrogens is 276 g/mol. The summed E-state index contributed by atoms with van der Waals surface area (Å²) >= 11 is 3.31. The molecule has 84 valence electrons. The molecule has 0 spiro atoms. The Hall–Kier alpha value is -1.69. The highest BCUT2D eigenvalue weighted by Gasteiger charge is 2.13. The van der Waals surface area contributed by atoms with Gasteiger partial charge in [0.25, 0.3) is 6.01 Å². The van der Waals surface area contributed by atoms with Gasteiger partial charge in [0.05, 0.1) is 13.3 Å². The number of ether oxygens (including phenoxy) is 1. The maximum Gasteiger partial charge on any atom is 0.292 e. The summed E-state index contributed by atoms with van der Waals surface area (Å²) in [6, 6.07) is 3.25. The van der Waals surface area contributed by atoms with Crippen molar-refractivity contribution < 1.29 is 14.3 Å². The van der Waals surface area contributed by atoms with Crippen LogP contribution in [0.2, 0.25) is 0 Å². The molecule has 0 aliphatic heterocycles. The molecule has 2 aromatic rings. The Labute approximate surface area is 100.0 Å². The molecule has 1 aromatic carbocycles. The van der Waals surface area contributed by atoms with Crippen LogP contribution in [0, 0.1) is 0 Å². The van der Waals surface area contributed by atoms with Crippen LogP contribution < -0.4 is 10.5 Å². The number of rotatable bonds is 2. The Morgan fingerprint density at radius 3 is 2.81 bits per heavy atom. The lowest BCUT2D eigenvalue weighted by Crippen LogP contribution is -1.86. The third-order valence-electron chi connectivity index (χ3n) is 2.06. The topological polar surface area (TPSA) is 81.5 Å². The second-order valence-corrected chi connectivity index (χ2v) is 3.92. The van der Waals surface area contributed by atoms with Gasteiger partial charge < -0.3 is 20.0 Å². The van der Waals surface area contributed by atoms with Crippen LogP contribution in [0.1, 0.15) is 0 Å². The average molecular weight is 285 g/mol. The molecule has 0 amide bonds. The number of aromatic hydroxyl groups is 1. The van der Waals surface area contributed by atoms with Crippen LogP contribution in [0.4, 0.5) is 6.01 Å². The number of nitrogens with zero attached hydrogens (tertiary/aromatic N) is 1. The number of phenols is 1. The summed E-state index contributed by atoms with van der Waals surface area (Å²) in [6.07, 6.45) is 1.51. The number of benzene rings is 1. The van der Waals surface area contributed by atoms with Gasteiger partial charge in [-0.25, -0.2) is 4.98 Å². The Morgan fingerprint density at radius 1 is 1.50 bits per heavy atom. The normalized spacial score (nSPS) is 10.4. The van der Waals surface area contributed by atoms with Gasteiger partial charge >= 0.3 is 0 Å². The monoisotopic (exact) mass is 284 g/mol. The summed E-state index contributed by atoms with van der Waals surface area (Å²) in [5.41, 5.74) is 6.10. The minimum atomic E-state index is 0.0469. The quantitative estimate of drug-likeness (QED) is 0.885. The molecule has 1 heterocycles. The van der Waals surface area contributed by atoms with E-state index in [-0.39, 0.29) is 11.8 Å². The van der Waals surface area contributed by atoms with E-state index in [1.165, 1.54) is 19.4 Å². The molecule has 6 heteroatoms. The Balaban J connectivity index is 2.56. The number of hydrogen-bond acceptors (Lipinski definition) is 5. The summed E-state index contributed by atoms with van der Waals surface area (Å²) in [5.74, 6) is 0.904. The molecule has 2 rings (SSSR count). The minimum absolute atomic E-state index is 0.0469. The molecule has 0 unspecified atom stereocenters.